The van der Waals surface area contributed by atoms with Crippen LogP contribution in [0.4, 0.5) is 0 Å². The Hall–Kier alpha value is -0.340. The number of hydrogen-bond donors (Lipinski definition) is 2. The molecule has 2 N–H and O–H groups in total. The van der Waals surface area contributed by atoms with Crippen molar-refractivity contribution >= 4 is 0 Å². The zero-order chi connectivity index (χ0) is 10.5. The van der Waals surface area contributed by atoms with E-state index in [4.69, 9.17) is 5.11 Å². The van der Waals surface area contributed by atoms with Crippen LogP contribution >= 0.6 is 0 Å². The van der Waals surface area contributed by atoms with E-state index in [1.54, 1.807) is 0 Å². The Balaban J connectivity index is 2.91. The monoisotopic (exact) mass is 199 g/mol. The molecule has 0 spiro atoms. The third kappa shape index (κ3) is 11.7. The number of allylic oxidation sites excluding steroid dienone is 1. The Morgan fingerprint density at radius 2 is 1.57 bits per heavy atom. The van der Waals surface area contributed by atoms with Crippen molar-refractivity contribution in [1.29, 1.82) is 0 Å². The molecule has 0 heterocycles. The lowest BCUT2D eigenvalue weighted by Gasteiger charge is -1.98. The van der Waals surface area contributed by atoms with Crippen molar-refractivity contribution < 1.29 is 5.11 Å². The summed E-state index contributed by atoms with van der Waals surface area (Å²) in [6, 6.07) is 0. The molecule has 2 heteroatoms. The van der Waals surface area contributed by atoms with Crippen LogP contribution in [0, 0.1) is 0 Å². The Morgan fingerprint density at radius 3 is 2.21 bits per heavy atom. The van der Waals surface area contributed by atoms with E-state index in [-0.39, 0.29) is 0 Å². The van der Waals surface area contributed by atoms with E-state index >= 15 is 0 Å². The van der Waals surface area contributed by atoms with Crippen LogP contribution in [0.15, 0.2) is 12.2 Å². The smallest absolute Gasteiger partial charge is 0.0431 e. The van der Waals surface area contributed by atoms with E-state index in [9.17, 15) is 0 Å². The molecule has 84 valence electrons. The van der Waals surface area contributed by atoms with Crippen molar-refractivity contribution in [2.24, 2.45) is 0 Å². The quantitative estimate of drug-likeness (QED) is 0.418. The van der Waals surface area contributed by atoms with Crippen LogP contribution < -0.4 is 5.32 Å². The Kier molecular flexibility index (Phi) is 12.4. The number of hydrogen-bond acceptors (Lipinski definition) is 2. The third-order valence-electron chi connectivity index (χ3n) is 2.27. The topological polar surface area (TPSA) is 32.3 Å². The summed E-state index contributed by atoms with van der Waals surface area (Å²) in [5.41, 5.74) is 0. The SMILES string of the molecule is CNC/C=C/CCCCCCCCO. The number of aliphatic hydroxyl groups is 1. The highest BCUT2D eigenvalue weighted by Gasteiger charge is 1.89. The van der Waals surface area contributed by atoms with Crippen molar-refractivity contribution in [3.05, 3.63) is 12.2 Å². The van der Waals surface area contributed by atoms with Crippen molar-refractivity contribution in [3.8, 4) is 0 Å². The van der Waals surface area contributed by atoms with Gasteiger partial charge in [-0.15, -0.1) is 0 Å². The molecule has 2 nitrogen and oxygen atoms in total. The van der Waals surface area contributed by atoms with Gasteiger partial charge in [-0.2, -0.15) is 0 Å². The second-order valence-corrected chi connectivity index (χ2v) is 3.66. The standard InChI is InChI=1S/C12H25NO/c1-13-11-9-7-5-3-2-4-6-8-10-12-14/h7,9,13-14H,2-6,8,10-12H2,1H3/b9-7+. The molecule has 0 bridgehead atoms. The molecule has 0 aromatic heterocycles. The van der Waals surface area contributed by atoms with Crippen molar-refractivity contribution in [3.63, 3.8) is 0 Å². The Labute approximate surface area is 88.4 Å². The highest BCUT2D eigenvalue weighted by molar-refractivity contribution is 4.82. The summed E-state index contributed by atoms with van der Waals surface area (Å²) in [5, 5.41) is 11.7. The van der Waals surface area contributed by atoms with Crippen LogP contribution in [-0.2, 0) is 0 Å². The van der Waals surface area contributed by atoms with Crippen molar-refractivity contribution in [2.45, 2.75) is 44.9 Å². The molecule has 0 saturated heterocycles. The molecule has 0 aliphatic carbocycles. The van der Waals surface area contributed by atoms with Gasteiger partial charge >= 0.3 is 0 Å². The number of likely N-dealkylation sites (N-methyl/N-ethyl adjacent to an activating group) is 1. The average Bonchev–Trinajstić information content (AvgIpc) is 2.21. The third-order valence-corrected chi connectivity index (χ3v) is 2.27. The molecule has 0 unspecified atom stereocenters. The predicted octanol–water partition coefficient (Wildman–Crippen LogP) is 2.49. The summed E-state index contributed by atoms with van der Waals surface area (Å²) in [5.74, 6) is 0. The zero-order valence-corrected chi connectivity index (χ0v) is 9.47. The van der Waals surface area contributed by atoms with Gasteiger partial charge in [0.2, 0.25) is 0 Å². The fourth-order valence-electron chi connectivity index (χ4n) is 1.40. The lowest BCUT2D eigenvalue weighted by atomic mass is 10.1. The summed E-state index contributed by atoms with van der Waals surface area (Å²) >= 11 is 0. The maximum absolute atomic E-state index is 8.57. The van der Waals surface area contributed by atoms with Crippen LogP contribution in [-0.4, -0.2) is 25.3 Å². The highest BCUT2D eigenvalue weighted by Crippen LogP contribution is 2.06. The van der Waals surface area contributed by atoms with Crippen molar-refractivity contribution in [2.75, 3.05) is 20.2 Å². The average molecular weight is 199 g/mol. The van der Waals surface area contributed by atoms with Gasteiger partial charge in [0.1, 0.15) is 0 Å². The molecule has 0 radical (unpaired) electrons. The van der Waals surface area contributed by atoms with Crippen LogP contribution in [0.5, 0.6) is 0 Å². The van der Waals surface area contributed by atoms with Crippen LogP contribution in [0.2, 0.25) is 0 Å². The largest absolute Gasteiger partial charge is 0.396 e. The van der Waals surface area contributed by atoms with Gasteiger partial charge in [0, 0.05) is 13.2 Å². The maximum atomic E-state index is 8.57. The van der Waals surface area contributed by atoms with E-state index in [0.29, 0.717) is 6.61 Å². The van der Waals surface area contributed by atoms with Crippen molar-refractivity contribution in [1.82, 2.24) is 5.32 Å². The first-order valence-corrected chi connectivity index (χ1v) is 5.82. The maximum Gasteiger partial charge on any atom is 0.0431 e. The minimum Gasteiger partial charge on any atom is -0.396 e. The minimum absolute atomic E-state index is 0.354. The molecule has 0 aliphatic heterocycles. The Bertz CT molecular complexity index is 123. The minimum atomic E-state index is 0.354. The van der Waals surface area contributed by atoms with E-state index in [1.807, 2.05) is 7.05 Å². The summed E-state index contributed by atoms with van der Waals surface area (Å²) in [7, 11) is 1.96. The lowest BCUT2D eigenvalue weighted by molar-refractivity contribution is 0.282. The fourth-order valence-corrected chi connectivity index (χ4v) is 1.40. The molecular weight excluding hydrogens is 174 g/mol. The zero-order valence-electron chi connectivity index (χ0n) is 9.47. The van der Waals surface area contributed by atoms with E-state index in [2.05, 4.69) is 17.5 Å². The van der Waals surface area contributed by atoms with E-state index in [1.165, 1.54) is 38.5 Å². The van der Waals surface area contributed by atoms with Crippen LogP contribution in [0.25, 0.3) is 0 Å². The van der Waals surface area contributed by atoms with Gasteiger partial charge < -0.3 is 10.4 Å². The molecule has 0 aliphatic rings. The normalized spacial score (nSPS) is 11.3. The van der Waals surface area contributed by atoms with Crippen LogP contribution in [0.3, 0.4) is 0 Å². The van der Waals surface area contributed by atoms with Gasteiger partial charge in [-0.3, -0.25) is 0 Å². The molecule has 0 saturated carbocycles. The molecule has 14 heavy (non-hydrogen) atoms. The molecular formula is C12H25NO. The van der Waals surface area contributed by atoms with Gasteiger partial charge in [0.05, 0.1) is 0 Å². The molecule has 0 rings (SSSR count). The summed E-state index contributed by atoms with van der Waals surface area (Å²) in [4.78, 5) is 0. The summed E-state index contributed by atoms with van der Waals surface area (Å²) < 4.78 is 0. The lowest BCUT2D eigenvalue weighted by Crippen LogP contribution is -2.03. The summed E-state index contributed by atoms with van der Waals surface area (Å²) in [6.45, 7) is 1.34. The number of unbranched alkanes of at least 4 members (excludes halogenated alkanes) is 6. The van der Waals surface area contributed by atoms with Gasteiger partial charge in [-0.25, -0.2) is 0 Å². The van der Waals surface area contributed by atoms with Gasteiger partial charge in [0.15, 0.2) is 0 Å². The number of nitrogens with one attached hydrogen (secondary N) is 1. The number of rotatable bonds is 10. The van der Waals surface area contributed by atoms with E-state index < -0.39 is 0 Å². The first-order chi connectivity index (χ1) is 6.91. The molecule has 0 amide bonds. The second kappa shape index (κ2) is 12.7. The van der Waals surface area contributed by atoms with Gasteiger partial charge in [-0.05, 0) is 26.3 Å². The number of aliphatic hydroxyl groups excluding tert-OH is 1. The van der Waals surface area contributed by atoms with Crippen LogP contribution in [0.1, 0.15) is 44.9 Å². The summed E-state index contributed by atoms with van der Waals surface area (Å²) in [6.07, 6.45) is 13.0. The van der Waals surface area contributed by atoms with E-state index in [0.717, 1.165) is 13.0 Å². The molecule has 0 aromatic carbocycles. The first kappa shape index (κ1) is 13.7. The van der Waals surface area contributed by atoms with Gasteiger partial charge in [0.25, 0.3) is 0 Å². The predicted molar refractivity (Wildman–Crippen MR) is 62.5 cm³/mol. The molecule has 0 atom stereocenters. The molecule has 0 fully saturated rings. The molecule has 0 aromatic rings. The fraction of sp³-hybridized carbons (Fsp3) is 0.833. The highest BCUT2D eigenvalue weighted by atomic mass is 16.2. The first-order valence-electron chi connectivity index (χ1n) is 5.82. The second-order valence-electron chi connectivity index (χ2n) is 3.66. The Morgan fingerprint density at radius 1 is 0.929 bits per heavy atom. The van der Waals surface area contributed by atoms with Gasteiger partial charge in [-0.1, -0.05) is 37.8 Å².